The summed E-state index contributed by atoms with van der Waals surface area (Å²) in [5.74, 6) is 2.05. The Morgan fingerprint density at radius 2 is 2.33 bits per heavy atom. The Hall–Kier alpha value is -2.15. The summed E-state index contributed by atoms with van der Waals surface area (Å²) in [5, 5.41) is 9.23. The van der Waals surface area contributed by atoms with Crippen molar-refractivity contribution in [2.75, 3.05) is 19.3 Å². The van der Waals surface area contributed by atoms with Crippen LogP contribution in [0.5, 0.6) is 5.75 Å². The van der Waals surface area contributed by atoms with Crippen LogP contribution in [-0.4, -0.2) is 29.5 Å². The lowest BCUT2D eigenvalue weighted by Crippen LogP contribution is -2.27. The van der Waals surface area contributed by atoms with Crippen molar-refractivity contribution in [3.05, 3.63) is 23.8 Å². The molecule has 0 saturated heterocycles. The lowest BCUT2D eigenvalue weighted by atomic mass is 10.1. The van der Waals surface area contributed by atoms with Crippen molar-refractivity contribution in [1.82, 2.24) is 4.90 Å². The lowest BCUT2D eigenvalue weighted by molar-refractivity contribution is 0.0813. The van der Waals surface area contributed by atoms with Crippen LogP contribution in [0.1, 0.15) is 10.4 Å². The summed E-state index contributed by atoms with van der Waals surface area (Å²) in [6, 6.07) is 4.23. The van der Waals surface area contributed by atoms with Gasteiger partial charge in [-0.05, 0) is 18.2 Å². The average Bonchev–Trinajstić information content (AvgIpc) is 2.21. The fourth-order valence-electron chi connectivity index (χ4n) is 1.14. The van der Waals surface area contributed by atoms with Crippen molar-refractivity contribution < 1.29 is 9.90 Å². The number of phenolic OH excluding ortho intramolecular Hbond substituents is 1. The highest BCUT2D eigenvalue weighted by Gasteiger charge is 2.14. The number of nitrogens with two attached hydrogens (primary N) is 1. The monoisotopic (exact) mass is 204 g/mol. The Morgan fingerprint density at radius 3 is 2.93 bits per heavy atom. The van der Waals surface area contributed by atoms with E-state index in [2.05, 4.69) is 5.92 Å². The summed E-state index contributed by atoms with van der Waals surface area (Å²) in [6.45, 7) is 0.202. The summed E-state index contributed by atoms with van der Waals surface area (Å²) >= 11 is 0. The molecule has 1 rings (SSSR count). The van der Waals surface area contributed by atoms with Crippen molar-refractivity contribution in [3.8, 4) is 18.1 Å². The van der Waals surface area contributed by atoms with Gasteiger partial charge in [-0.1, -0.05) is 5.92 Å². The zero-order valence-electron chi connectivity index (χ0n) is 8.40. The summed E-state index contributed by atoms with van der Waals surface area (Å²) in [6.07, 6.45) is 5.09. The van der Waals surface area contributed by atoms with Gasteiger partial charge in [0.15, 0.2) is 0 Å². The van der Waals surface area contributed by atoms with E-state index >= 15 is 0 Å². The van der Waals surface area contributed by atoms with Crippen molar-refractivity contribution >= 4 is 11.6 Å². The second-order valence-electron chi connectivity index (χ2n) is 3.14. The maximum Gasteiger partial charge on any atom is 0.256 e. The van der Waals surface area contributed by atoms with Crippen LogP contribution in [0.3, 0.4) is 0 Å². The highest BCUT2D eigenvalue weighted by Crippen LogP contribution is 2.19. The summed E-state index contributed by atoms with van der Waals surface area (Å²) in [5.41, 5.74) is 6.19. The molecule has 0 atom stereocenters. The third-order valence-corrected chi connectivity index (χ3v) is 1.94. The first-order valence-corrected chi connectivity index (χ1v) is 4.33. The molecule has 0 radical (unpaired) electrons. The smallest absolute Gasteiger partial charge is 0.256 e. The van der Waals surface area contributed by atoms with Crippen LogP contribution in [0.4, 0.5) is 5.69 Å². The van der Waals surface area contributed by atoms with Crippen LogP contribution in [0.15, 0.2) is 18.2 Å². The maximum absolute atomic E-state index is 11.7. The number of benzene rings is 1. The zero-order chi connectivity index (χ0) is 11.4. The number of nitrogens with zero attached hydrogens (tertiary/aromatic N) is 1. The molecule has 0 spiro atoms. The van der Waals surface area contributed by atoms with Crippen LogP contribution < -0.4 is 5.73 Å². The summed E-state index contributed by atoms with van der Waals surface area (Å²) < 4.78 is 0. The molecule has 4 heteroatoms. The Kier molecular flexibility index (Phi) is 3.19. The van der Waals surface area contributed by atoms with Gasteiger partial charge in [-0.2, -0.15) is 0 Å². The Bertz CT molecular complexity index is 421. The molecule has 0 aliphatic heterocycles. The van der Waals surface area contributed by atoms with E-state index < -0.39 is 0 Å². The first kappa shape index (κ1) is 10.9. The number of rotatable bonds is 2. The minimum atomic E-state index is -0.304. The second kappa shape index (κ2) is 4.38. The topological polar surface area (TPSA) is 66.6 Å². The second-order valence-corrected chi connectivity index (χ2v) is 3.14. The molecule has 15 heavy (non-hydrogen) atoms. The van der Waals surface area contributed by atoms with Gasteiger partial charge in [0, 0.05) is 12.7 Å². The molecular weight excluding hydrogens is 192 g/mol. The predicted molar refractivity (Wildman–Crippen MR) is 58.3 cm³/mol. The molecule has 0 fully saturated rings. The van der Waals surface area contributed by atoms with Gasteiger partial charge in [-0.25, -0.2) is 0 Å². The predicted octanol–water partition coefficient (Wildman–Crippen LogP) is 0.680. The van der Waals surface area contributed by atoms with Gasteiger partial charge >= 0.3 is 0 Å². The largest absolute Gasteiger partial charge is 0.508 e. The van der Waals surface area contributed by atoms with Gasteiger partial charge in [-0.3, -0.25) is 4.79 Å². The van der Waals surface area contributed by atoms with E-state index in [0.29, 0.717) is 5.69 Å². The fraction of sp³-hybridized carbons (Fsp3) is 0.182. The number of aromatic hydroxyl groups is 1. The minimum Gasteiger partial charge on any atom is -0.508 e. The van der Waals surface area contributed by atoms with E-state index in [1.807, 2.05) is 0 Å². The summed E-state index contributed by atoms with van der Waals surface area (Å²) in [4.78, 5) is 13.1. The molecule has 0 unspecified atom stereocenters. The van der Waals surface area contributed by atoms with E-state index in [-0.39, 0.29) is 23.8 Å². The third kappa shape index (κ3) is 2.41. The number of amides is 1. The van der Waals surface area contributed by atoms with Crippen molar-refractivity contribution in [2.24, 2.45) is 0 Å². The van der Waals surface area contributed by atoms with Crippen LogP contribution in [0.2, 0.25) is 0 Å². The molecule has 4 nitrogen and oxygen atoms in total. The molecule has 1 aromatic rings. The minimum absolute atomic E-state index is 0.00153. The highest BCUT2D eigenvalue weighted by molar-refractivity contribution is 5.99. The Balaban J connectivity index is 3.01. The normalized spacial score (nSPS) is 9.33. The highest BCUT2D eigenvalue weighted by atomic mass is 16.3. The Morgan fingerprint density at radius 1 is 1.67 bits per heavy atom. The number of terminal acetylenes is 1. The number of hydrogen-bond donors (Lipinski definition) is 2. The zero-order valence-corrected chi connectivity index (χ0v) is 8.40. The number of carbonyl (C=O) groups is 1. The van der Waals surface area contributed by atoms with E-state index in [4.69, 9.17) is 12.2 Å². The van der Waals surface area contributed by atoms with Crippen molar-refractivity contribution in [2.45, 2.75) is 0 Å². The molecular formula is C11H12N2O2. The van der Waals surface area contributed by atoms with Crippen LogP contribution in [-0.2, 0) is 0 Å². The van der Waals surface area contributed by atoms with Crippen molar-refractivity contribution in [1.29, 1.82) is 0 Å². The van der Waals surface area contributed by atoms with Gasteiger partial charge in [0.1, 0.15) is 5.75 Å². The van der Waals surface area contributed by atoms with Gasteiger partial charge in [0.2, 0.25) is 0 Å². The lowest BCUT2D eigenvalue weighted by Gasteiger charge is -2.15. The molecule has 0 heterocycles. The molecule has 1 amide bonds. The molecule has 0 aromatic heterocycles. The molecule has 0 saturated carbocycles. The van der Waals surface area contributed by atoms with Crippen molar-refractivity contribution in [3.63, 3.8) is 0 Å². The van der Waals surface area contributed by atoms with Gasteiger partial charge in [-0.15, -0.1) is 6.42 Å². The van der Waals surface area contributed by atoms with Gasteiger partial charge in [0.05, 0.1) is 12.1 Å². The third-order valence-electron chi connectivity index (χ3n) is 1.94. The SMILES string of the molecule is C#CCN(C)C(=O)c1cc(O)ccc1N. The first-order chi connectivity index (χ1) is 7.06. The average molecular weight is 204 g/mol. The molecule has 1 aromatic carbocycles. The quantitative estimate of drug-likeness (QED) is 0.423. The molecule has 0 bridgehead atoms. The maximum atomic E-state index is 11.7. The van der Waals surface area contributed by atoms with E-state index in [1.165, 1.54) is 23.1 Å². The van der Waals surface area contributed by atoms with E-state index in [0.717, 1.165) is 0 Å². The number of nitrogen functional groups attached to an aromatic ring is 1. The standard InChI is InChI=1S/C11H12N2O2/c1-3-6-13(2)11(15)9-7-8(14)4-5-10(9)12/h1,4-5,7,14H,6,12H2,2H3. The molecule has 78 valence electrons. The van der Waals surface area contributed by atoms with Gasteiger partial charge in [0.25, 0.3) is 5.91 Å². The first-order valence-electron chi connectivity index (χ1n) is 4.33. The van der Waals surface area contributed by atoms with Crippen LogP contribution in [0, 0.1) is 12.3 Å². The van der Waals surface area contributed by atoms with Gasteiger partial charge < -0.3 is 15.7 Å². The number of carbonyl (C=O) groups excluding carboxylic acids is 1. The van der Waals surface area contributed by atoms with E-state index in [9.17, 15) is 9.90 Å². The molecule has 3 N–H and O–H groups in total. The number of anilines is 1. The summed E-state index contributed by atoms with van der Waals surface area (Å²) in [7, 11) is 1.58. The molecule has 0 aliphatic rings. The van der Waals surface area contributed by atoms with E-state index in [1.54, 1.807) is 7.05 Å². The Labute approximate surface area is 88.3 Å². The van der Waals surface area contributed by atoms with Crippen LogP contribution in [0.25, 0.3) is 0 Å². The number of hydrogen-bond acceptors (Lipinski definition) is 3. The fourth-order valence-corrected chi connectivity index (χ4v) is 1.14. The molecule has 0 aliphatic carbocycles. The number of phenols is 1. The van der Waals surface area contributed by atoms with Crippen LogP contribution >= 0.6 is 0 Å².